The van der Waals surface area contributed by atoms with E-state index < -0.39 is 0 Å². The molecule has 1 aromatic carbocycles. The van der Waals surface area contributed by atoms with Crippen molar-refractivity contribution < 1.29 is 9.59 Å². The molecule has 1 aromatic heterocycles. The van der Waals surface area contributed by atoms with E-state index in [1.54, 1.807) is 0 Å². The number of nitrogens with zero attached hydrogens (tertiary/aromatic N) is 2. The topological polar surface area (TPSA) is 72.0 Å². The molecule has 0 saturated carbocycles. The second-order valence-corrected chi connectivity index (χ2v) is 7.58. The van der Waals surface area contributed by atoms with E-state index in [1.165, 1.54) is 16.9 Å². The van der Waals surface area contributed by atoms with Gasteiger partial charge >= 0.3 is 0 Å². The summed E-state index contributed by atoms with van der Waals surface area (Å²) in [6.07, 6.45) is 3.28. The Bertz CT molecular complexity index is 708. The molecule has 0 aliphatic heterocycles. The van der Waals surface area contributed by atoms with Crippen LogP contribution in [0.25, 0.3) is 0 Å². The summed E-state index contributed by atoms with van der Waals surface area (Å²) in [4.78, 5) is 24.2. The minimum absolute atomic E-state index is 0.0176. The first kappa shape index (κ1) is 19.2. The van der Waals surface area contributed by atoms with E-state index in [2.05, 4.69) is 36.3 Å². The average molecular weight is 359 g/mol. The lowest BCUT2D eigenvalue weighted by molar-refractivity contribution is -0.116. The summed E-state index contributed by atoms with van der Waals surface area (Å²) in [6, 6.07) is 7.64. The van der Waals surface area contributed by atoms with E-state index in [0.717, 1.165) is 24.3 Å². The Morgan fingerprint density at radius 2 is 1.84 bits per heavy atom. The highest BCUT2D eigenvalue weighted by molar-refractivity contribution is 7.15. The first-order valence-corrected chi connectivity index (χ1v) is 9.54. The summed E-state index contributed by atoms with van der Waals surface area (Å²) < 4.78 is 0. The van der Waals surface area contributed by atoms with Crippen LogP contribution < -0.4 is 5.32 Å². The lowest BCUT2D eigenvalue weighted by atomic mass is 10.0. The highest BCUT2D eigenvalue weighted by atomic mass is 32.1. The monoisotopic (exact) mass is 359 g/mol. The van der Waals surface area contributed by atoms with E-state index in [0.29, 0.717) is 16.6 Å². The molecule has 25 heavy (non-hydrogen) atoms. The number of ketones is 1. The molecule has 0 fully saturated rings. The molecule has 1 N–H and O–H groups in total. The zero-order valence-corrected chi connectivity index (χ0v) is 15.9. The number of anilines is 1. The molecule has 5 nitrogen and oxygen atoms in total. The van der Waals surface area contributed by atoms with Crippen molar-refractivity contribution in [1.82, 2.24) is 10.2 Å². The van der Waals surface area contributed by atoms with Crippen molar-refractivity contribution in [3.05, 3.63) is 40.4 Å². The van der Waals surface area contributed by atoms with Crippen molar-refractivity contribution in [1.29, 1.82) is 0 Å². The van der Waals surface area contributed by atoms with Crippen LogP contribution in [0, 0.1) is 5.92 Å². The van der Waals surface area contributed by atoms with E-state index in [4.69, 9.17) is 0 Å². The van der Waals surface area contributed by atoms with Crippen molar-refractivity contribution in [2.24, 2.45) is 5.92 Å². The van der Waals surface area contributed by atoms with Gasteiger partial charge in [-0.1, -0.05) is 62.8 Å². The molecule has 0 saturated heterocycles. The average Bonchev–Trinajstić information content (AvgIpc) is 2.99. The molecule has 0 aliphatic rings. The van der Waals surface area contributed by atoms with Crippen molar-refractivity contribution in [3.63, 3.8) is 0 Å². The Morgan fingerprint density at radius 1 is 1.12 bits per heavy atom. The predicted molar refractivity (Wildman–Crippen MR) is 101 cm³/mol. The Labute approximate surface area is 152 Å². The summed E-state index contributed by atoms with van der Waals surface area (Å²) >= 11 is 1.39. The quantitative estimate of drug-likeness (QED) is 0.678. The van der Waals surface area contributed by atoms with Gasteiger partial charge in [-0.15, -0.1) is 10.2 Å². The second-order valence-electron chi connectivity index (χ2n) is 6.52. The Kier molecular flexibility index (Phi) is 7.25. The molecule has 2 rings (SSSR count). The van der Waals surface area contributed by atoms with E-state index in [9.17, 15) is 9.59 Å². The number of benzene rings is 1. The van der Waals surface area contributed by atoms with Gasteiger partial charge in [0.2, 0.25) is 11.0 Å². The number of amides is 1. The smallest absolute Gasteiger partial charge is 0.226 e. The molecule has 0 spiro atoms. The molecular formula is C19H25N3O2S. The van der Waals surface area contributed by atoms with E-state index in [1.807, 2.05) is 24.3 Å². The lowest BCUT2D eigenvalue weighted by Gasteiger charge is -2.03. The van der Waals surface area contributed by atoms with Gasteiger partial charge < -0.3 is 5.32 Å². The molecule has 0 bridgehead atoms. The molecule has 134 valence electrons. The molecule has 1 heterocycles. The fraction of sp³-hybridized carbons (Fsp3) is 0.474. The number of carbonyl (C=O) groups is 2. The molecule has 0 aliphatic carbocycles. The number of aryl methyl sites for hydroxylation is 1. The van der Waals surface area contributed by atoms with Gasteiger partial charge in [0.15, 0.2) is 5.78 Å². The number of Topliss-reactive ketones (excluding diaryl/α,β-unsaturated/α-hetero) is 1. The maximum Gasteiger partial charge on any atom is 0.226 e. The molecule has 6 heteroatoms. The van der Waals surface area contributed by atoms with Crippen molar-refractivity contribution in [3.8, 4) is 0 Å². The standard InChI is InChI=1S/C19H25N3O2S/c1-4-5-14-6-8-15(9-7-14)16(23)10-11-17(24)20-19-22-21-18(25-19)12-13(2)3/h6-9,13H,4-5,10-12H2,1-3H3,(H,20,22,24). The largest absolute Gasteiger partial charge is 0.301 e. The minimum atomic E-state index is -0.205. The molecule has 2 aromatic rings. The SMILES string of the molecule is CCCc1ccc(C(=O)CCC(=O)Nc2nnc(CC(C)C)s2)cc1. The third kappa shape index (κ3) is 6.38. The van der Waals surface area contributed by atoms with Crippen LogP contribution in [0.5, 0.6) is 0 Å². The van der Waals surface area contributed by atoms with Gasteiger partial charge in [0, 0.05) is 24.8 Å². The van der Waals surface area contributed by atoms with Crippen molar-refractivity contribution >= 4 is 28.2 Å². The highest BCUT2D eigenvalue weighted by Gasteiger charge is 2.12. The maximum atomic E-state index is 12.2. The molecule has 1 amide bonds. The van der Waals surface area contributed by atoms with E-state index in [-0.39, 0.29) is 24.5 Å². The third-order valence-electron chi connectivity index (χ3n) is 3.69. The van der Waals surface area contributed by atoms with Crippen molar-refractivity contribution in [2.75, 3.05) is 5.32 Å². The van der Waals surface area contributed by atoms with Gasteiger partial charge in [-0.2, -0.15) is 0 Å². The lowest BCUT2D eigenvalue weighted by Crippen LogP contribution is -2.13. The van der Waals surface area contributed by atoms with Crippen LogP contribution >= 0.6 is 11.3 Å². The van der Waals surface area contributed by atoms with Crippen LogP contribution in [0.15, 0.2) is 24.3 Å². The van der Waals surface area contributed by atoms with Crippen LogP contribution in [-0.4, -0.2) is 21.9 Å². The first-order chi connectivity index (χ1) is 12.0. The Morgan fingerprint density at radius 3 is 2.48 bits per heavy atom. The maximum absolute atomic E-state index is 12.2. The number of hydrogen-bond donors (Lipinski definition) is 1. The number of nitrogens with one attached hydrogen (secondary N) is 1. The summed E-state index contributed by atoms with van der Waals surface area (Å²) in [5.41, 5.74) is 1.88. The van der Waals surface area contributed by atoms with Gasteiger partial charge in [0.05, 0.1) is 0 Å². The zero-order chi connectivity index (χ0) is 18.2. The molecule has 0 radical (unpaired) electrons. The third-order valence-corrected chi connectivity index (χ3v) is 4.55. The fourth-order valence-corrected chi connectivity index (χ4v) is 3.40. The highest BCUT2D eigenvalue weighted by Crippen LogP contribution is 2.18. The summed E-state index contributed by atoms with van der Waals surface area (Å²) in [5, 5.41) is 12.2. The molecule has 0 unspecified atom stereocenters. The first-order valence-electron chi connectivity index (χ1n) is 8.72. The van der Waals surface area contributed by atoms with Crippen LogP contribution in [0.3, 0.4) is 0 Å². The summed E-state index contributed by atoms with van der Waals surface area (Å²) in [6.45, 7) is 6.35. The van der Waals surface area contributed by atoms with Crippen LogP contribution in [-0.2, 0) is 17.6 Å². The van der Waals surface area contributed by atoms with Crippen LogP contribution in [0.4, 0.5) is 5.13 Å². The van der Waals surface area contributed by atoms with E-state index >= 15 is 0 Å². The number of rotatable bonds is 9. The molecular weight excluding hydrogens is 334 g/mol. The minimum Gasteiger partial charge on any atom is -0.301 e. The second kappa shape index (κ2) is 9.42. The number of carbonyl (C=O) groups excluding carboxylic acids is 2. The van der Waals surface area contributed by atoms with Gasteiger partial charge in [0.1, 0.15) is 5.01 Å². The normalized spacial score (nSPS) is 10.9. The van der Waals surface area contributed by atoms with Gasteiger partial charge in [-0.25, -0.2) is 0 Å². The van der Waals surface area contributed by atoms with Crippen molar-refractivity contribution in [2.45, 2.75) is 52.9 Å². The fourth-order valence-electron chi connectivity index (χ4n) is 2.43. The predicted octanol–water partition coefficient (Wildman–Crippen LogP) is 4.29. The Hall–Kier alpha value is -2.08. The number of hydrogen-bond acceptors (Lipinski definition) is 5. The zero-order valence-electron chi connectivity index (χ0n) is 15.0. The summed E-state index contributed by atoms with van der Waals surface area (Å²) in [7, 11) is 0. The van der Waals surface area contributed by atoms with Crippen LogP contribution in [0.1, 0.15) is 61.0 Å². The van der Waals surface area contributed by atoms with Gasteiger partial charge in [-0.3, -0.25) is 9.59 Å². The Balaban J connectivity index is 1.80. The van der Waals surface area contributed by atoms with Gasteiger partial charge in [-0.05, 0) is 17.9 Å². The molecule has 0 atom stereocenters. The number of aromatic nitrogens is 2. The summed E-state index contributed by atoms with van der Waals surface area (Å²) in [5.74, 6) is 0.275. The van der Waals surface area contributed by atoms with Gasteiger partial charge in [0.25, 0.3) is 0 Å². The van der Waals surface area contributed by atoms with Crippen LogP contribution in [0.2, 0.25) is 0 Å².